The van der Waals surface area contributed by atoms with Crippen LogP contribution in [0.4, 0.5) is 0 Å². The Bertz CT molecular complexity index is 209. The molecule has 0 bridgehead atoms. The average molecular weight is 236 g/mol. The van der Waals surface area contributed by atoms with Crippen molar-refractivity contribution in [3.8, 4) is 0 Å². The van der Waals surface area contributed by atoms with E-state index in [9.17, 15) is 13.0 Å². The summed E-state index contributed by atoms with van der Waals surface area (Å²) in [5.74, 6) is -0.197. The van der Waals surface area contributed by atoms with Crippen LogP contribution in [0.1, 0.15) is 6.42 Å². The van der Waals surface area contributed by atoms with Gasteiger partial charge in [0.25, 0.3) is 0 Å². The third-order valence-electron chi connectivity index (χ3n) is 1.32. The monoisotopic (exact) mass is 236 g/mol. The third kappa shape index (κ3) is 19.5. The molecular weight excluding hydrogens is 219 g/mol. The van der Waals surface area contributed by atoms with Crippen LogP contribution in [0.5, 0.6) is 0 Å². The van der Waals surface area contributed by atoms with Crippen molar-refractivity contribution in [2.75, 3.05) is 5.75 Å². The summed E-state index contributed by atoms with van der Waals surface area (Å²) in [5, 5.41) is 0. The van der Waals surface area contributed by atoms with Gasteiger partial charge < -0.3 is 10.0 Å². The van der Waals surface area contributed by atoms with Gasteiger partial charge in [-0.2, -0.15) is 0 Å². The summed E-state index contributed by atoms with van der Waals surface area (Å²) in [6, 6.07) is 0.911. The first-order chi connectivity index (χ1) is 4.71. The van der Waals surface area contributed by atoms with Crippen molar-refractivity contribution in [2.45, 2.75) is 32.1 Å². The standard InChI is InChI=1S/C6H16O3SSi.Na.H2O/c1-11(2,3)6-4-5-10(7,8)9;;/h4-6H2,1-3H3,(H,7,8,9);;1H2/q;+1;/p-1. The van der Waals surface area contributed by atoms with Gasteiger partial charge in [-0.25, -0.2) is 8.42 Å². The summed E-state index contributed by atoms with van der Waals surface area (Å²) in [5.41, 5.74) is 0. The second-order valence-electron chi connectivity index (χ2n) is 3.93. The maximum absolute atomic E-state index is 10.2. The minimum atomic E-state index is -3.97. The molecule has 0 saturated heterocycles. The molecule has 0 spiro atoms. The smallest absolute Gasteiger partial charge is 0.748 e. The Balaban J connectivity index is -0.000000500. The molecule has 0 atom stereocenters. The summed E-state index contributed by atoms with van der Waals surface area (Å²) >= 11 is 0. The van der Waals surface area contributed by atoms with E-state index in [-0.39, 0.29) is 40.8 Å². The summed E-state index contributed by atoms with van der Waals surface area (Å²) in [7, 11) is -5.13. The fourth-order valence-corrected chi connectivity index (χ4v) is 2.77. The van der Waals surface area contributed by atoms with Crippen molar-refractivity contribution < 1.29 is 48.0 Å². The van der Waals surface area contributed by atoms with Gasteiger partial charge in [0, 0.05) is 13.8 Å². The molecule has 76 valence electrons. The molecule has 0 heterocycles. The van der Waals surface area contributed by atoms with Gasteiger partial charge in [-0.3, -0.25) is 0 Å². The maximum atomic E-state index is 10.2. The molecule has 0 unspecified atom stereocenters. The quantitative estimate of drug-likeness (QED) is 0.397. The van der Waals surface area contributed by atoms with Crippen LogP contribution in [0.2, 0.25) is 25.7 Å². The molecule has 0 aromatic carbocycles. The first kappa shape index (κ1) is 19.6. The molecular formula is C6H17NaO4SSi. The molecule has 0 fully saturated rings. The molecule has 0 aliphatic rings. The van der Waals surface area contributed by atoms with E-state index in [1.807, 2.05) is 0 Å². The Morgan fingerprint density at radius 2 is 1.62 bits per heavy atom. The van der Waals surface area contributed by atoms with E-state index in [1.165, 1.54) is 0 Å². The predicted molar refractivity (Wildman–Crippen MR) is 50.9 cm³/mol. The van der Waals surface area contributed by atoms with Gasteiger partial charge in [-0.05, 0) is 6.42 Å². The third-order valence-corrected chi connectivity index (χ3v) is 3.96. The topological polar surface area (TPSA) is 88.7 Å². The van der Waals surface area contributed by atoms with E-state index in [2.05, 4.69) is 19.6 Å². The van der Waals surface area contributed by atoms with Gasteiger partial charge in [-0.15, -0.1) is 0 Å². The van der Waals surface area contributed by atoms with Crippen LogP contribution >= 0.6 is 0 Å². The van der Waals surface area contributed by atoms with Crippen LogP contribution < -0.4 is 29.6 Å². The number of rotatable bonds is 4. The van der Waals surface area contributed by atoms with E-state index in [0.717, 1.165) is 6.04 Å². The fourth-order valence-electron chi connectivity index (χ4n) is 0.779. The Morgan fingerprint density at radius 1 is 1.23 bits per heavy atom. The molecule has 4 nitrogen and oxygen atoms in total. The zero-order valence-corrected chi connectivity index (χ0v) is 12.6. The molecule has 0 radical (unpaired) electrons. The van der Waals surface area contributed by atoms with Gasteiger partial charge in [0.05, 0.1) is 10.1 Å². The average Bonchev–Trinajstić information content (AvgIpc) is 1.55. The molecule has 0 amide bonds. The van der Waals surface area contributed by atoms with Crippen LogP contribution in [0.15, 0.2) is 0 Å². The van der Waals surface area contributed by atoms with Crippen LogP contribution in [0.25, 0.3) is 0 Å². The van der Waals surface area contributed by atoms with Crippen molar-refractivity contribution in [1.29, 1.82) is 0 Å². The molecule has 13 heavy (non-hydrogen) atoms. The SMILES string of the molecule is C[Si](C)(C)CCCS(=O)(=O)[O-].O.[Na+]. The Kier molecular flexibility index (Phi) is 11.2. The van der Waals surface area contributed by atoms with Crippen LogP contribution in [-0.2, 0) is 10.1 Å². The zero-order valence-electron chi connectivity index (χ0n) is 8.75. The minimum Gasteiger partial charge on any atom is -0.748 e. The first-order valence-corrected chi connectivity index (χ1v) is 8.93. The summed E-state index contributed by atoms with van der Waals surface area (Å²) in [6.07, 6.45) is 0.529. The Hall–Kier alpha value is 1.09. The van der Waals surface area contributed by atoms with Crippen molar-refractivity contribution in [3.63, 3.8) is 0 Å². The number of hydrogen-bond donors (Lipinski definition) is 0. The van der Waals surface area contributed by atoms with E-state index >= 15 is 0 Å². The molecule has 0 rings (SSSR count). The van der Waals surface area contributed by atoms with Gasteiger partial charge in [0.2, 0.25) is 0 Å². The molecule has 7 heteroatoms. The van der Waals surface area contributed by atoms with Crippen molar-refractivity contribution in [3.05, 3.63) is 0 Å². The van der Waals surface area contributed by atoms with Crippen molar-refractivity contribution >= 4 is 18.2 Å². The molecule has 0 aliphatic heterocycles. The molecule has 0 aliphatic carbocycles. The largest absolute Gasteiger partial charge is 1.00 e. The fraction of sp³-hybridized carbons (Fsp3) is 1.00. The Labute approximate surface area is 103 Å². The van der Waals surface area contributed by atoms with E-state index in [1.54, 1.807) is 0 Å². The normalized spacial score (nSPS) is 11.4. The van der Waals surface area contributed by atoms with Crippen LogP contribution in [0, 0.1) is 0 Å². The predicted octanol–water partition coefficient (Wildman–Crippen LogP) is -2.56. The molecule has 0 aromatic rings. The summed E-state index contributed by atoms with van der Waals surface area (Å²) < 4.78 is 30.5. The minimum absolute atomic E-state index is 0. The summed E-state index contributed by atoms with van der Waals surface area (Å²) in [4.78, 5) is 0. The molecule has 0 saturated carbocycles. The Morgan fingerprint density at radius 3 is 1.85 bits per heavy atom. The van der Waals surface area contributed by atoms with Gasteiger partial charge in [0.1, 0.15) is 0 Å². The summed E-state index contributed by atoms with van der Waals surface area (Å²) in [6.45, 7) is 6.47. The zero-order chi connectivity index (χ0) is 9.12. The van der Waals surface area contributed by atoms with Gasteiger partial charge >= 0.3 is 29.6 Å². The van der Waals surface area contributed by atoms with Gasteiger partial charge in [0.15, 0.2) is 0 Å². The van der Waals surface area contributed by atoms with Crippen molar-refractivity contribution in [2.24, 2.45) is 0 Å². The van der Waals surface area contributed by atoms with Crippen LogP contribution in [-0.4, -0.2) is 32.3 Å². The second kappa shape index (κ2) is 7.39. The number of hydrogen-bond acceptors (Lipinski definition) is 3. The van der Waals surface area contributed by atoms with E-state index in [4.69, 9.17) is 0 Å². The molecule has 0 aromatic heterocycles. The van der Waals surface area contributed by atoms with E-state index < -0.39 is 18.2 Å². The van der Waals surface area contributed by atoms with E-state index in [0.29, 0.717) is 6.42 Å². The van der Waals surface area contributed by atoms with Crippen molar-refractivity contribution in [1.82, 2.24) is 0 Å². The molecule has 2 N–H and O–H groups in total. The maximum Gasteiger partial charge on any atom is 1.00 e. The second-order valence-corrected chi connectivity index (χ2v) is 11.1. The first-order valence-electron chi connectivity index (χ1n) is 3.64. The van der Waals surface area contributed by atoms with Gasteiger partial charge in [-0.1, -0.05) is 25.7 Å². The van der Waals surface area contributed by atoms with Crippen LogP contribution in [0.3, 0.4) is 0 Å².